The number of nitrogens with zero attached hydrogens (tertiary/aromatic N) is 5. The van der Waals surface area contributed by atoms with Crippen molar-refractivity contribution in [3.8, 4) is 0 Å². The number of piperidine rings is 1. The molecule has 0 N–H and O–H groups in total. The standard InChI is InChI=1S/C21H25N5O3/c1-14-23-24-18(29-14)17-12-26(20(28)16-3-2-8-22-11-16)13-21(17)6-9-25(10-7-21)19(27)15-4-5-15/h2-3,8,11,15,17H,4-7,9-10,12-13H2,1H3. The van der Waals surface area contributed by atoms with Gasteiger partial charge in [0.2, 0.25) is 17.7 Å². The lowest BCUT2D eigenvalue weighted by Gasteiger charge is -2.41. The fraction of sp³-hybridized carbons (Fsp3) is 0.571. The molecule has 1 unspecified atom stereocenters. The van der Waals surface area contributed by atoms with E-state index in [9.17, 15) is 9.59 Å². The summed E-state index contributed by atoms with van der Waals surface area (Å²) in [4.78, 5) is 33.5. The lowest BCUT2D eigenvalue weighted by molar-refractivity contribution is -0.135. The second-order valence-corrected chi connectivity index (χ2v) is 8.60. The molecule has 2 aliphatic heterocycles. The van der Waals surface area contributed by atoms with Crippen molar-refractivity contribution in [1.29, 1.82) is 0 Å². The third kappa shape index (κ3) is 3.30. The molecule has 1 spiro atoms. The number of likely N-dealkylation sites (tertiary alicyclic amines) is 2. The van der Waals surface area contributed by atoms with E-state index in [-0.39, 0.29) is 23.2 Å². The highest BCUT2D eigenvalue weighted by Crippen LogP contribution is 2.50. The number of hydrogen-bond donors (Lipinski definition) is 0. The van der Waals surface area contributed by atoms with Gasteiger partial charge in [0.25, 0.3) is 5.91 Å². The summed E-state index contributed by atoms with van der Waals surface area (Å²) in [7, 11) is 0. The molecule has 152 valence electrons. The molecule has 2 aromatic heterocycles. The Hall–Kier alpha value is -2.77. The van der Waals surface area contributed by atoms with Gasteiger partial charge in [-0.3, -0.25) is 14.6 Å². The number of amides is 2. The maximum atomic E-state index is 13.1. The van der Waals surface area contributed by atoms with E-state index in [0.717, 1.165) is 38.8 Å². The van der Waals surface area contributed by atoms with Gasteiger partial charge in [0, 0.05) is 56.8 Å². The minimum atomic E-state index is -0.142. The Bertz CT molecular complexity index is 915. The third-order valence-corrected chi connectivity index (χ3v) is 6.68. The topological polar surface area (TPSA) is 92.4 Å². The Morgan fingerprint density at radius 2 is 1.97 bits per heavy atom. The van der Waals surface area contributed by atoms with Crippen LogP contribution in [0.5, 0.6) is 0 Å². The highest BCUT2D eigenvalue weighted by Gasteiger charge is 2.53. The van der Waals surface area contributed by atoms with Crippen molar-refractivity contribution in [1.82, 2.24) is 25.0 Å². The summed E-state index contributed by atoms with van der Waals surface area (Å²) >= 11 is 0. The van der Waals surface area contributed by atoms with Gasteiger partial charge in [-0.05, 0) is 37.8 Å². The molecule has 2 saturated heterocycles. The van der Waals surface area contributed by atoms with E-state index in [2.05, 4.69) is 15.2 Å². The number of carbonyl (C=O) groups is 2. The van der Waals surface area contributed by atoms with Crippen molar-refractivity contribution in [2.24, 2.45) is 11.3 Å². The van der Waals surface area contributed by atoms with E-state index in [1.54, 1.807) is 31.5 Å². The molecule has 2 aromatic rings. The molecular formula is C21H25N5O3. The predicted molar refractivity (Wildman–Crippen MR) is 103 cm³/mol. The van der Waals surface area contributed by atoms with Crippen molar-refractivity contribution in [2.75, 3.05) is 26.2 Å². The molecule has 1 aliphatic carbocycles. The molecule has 8 nitrogen and oxygen atoms in total. The molecule has 5 rings (SSSR count). The van der Waals surface area contributed by atoms with Crippen molar-refractivity contribution in [2.45, 2.75) is 38.5 Å². The summed E-state index contributed by atoms with van der Waals surface area (Å²) < 4.78 is 5.80. The van der Waals surface area contributed by atoms with Crippen LogP contribution in [0.4, 0.5) is 0 Å². The van der Waals surface area contributed by atoms with Crippen LogP contribution >= 0.6 is 0 Å². The fourth-order valence-electron chi connectivity index (χ4n) is 4.86. The summed E-state index contributed by atoms with van der Waals surface area (Å²) in [5.41, 5.74) is 0.448. The Morgan fingerprint density at radius 3 is 2.59 bits per heavy atom. The normalized spacial score (nSPS) is 23.6. The van der Waals surface area contributed by atoms with Crippen LogP contribution in [0, 0.1) is 18.3 Å². The second kappa shape index (κ2) is 6.93. The molecule has 29 heavy (non-hydrogen) atoms. The number of aromatic nitrogens is 3. The summed E-state index contributed by atoms with van der Waals surface area (Å²) in [6, 6.07) is 3.57. The number of hydrogen-bond acceptors (Lipinski definition) is 6. The Labute approximate surface area is 169 Å². The van der Waals surface area contributed by atoms with E-state index in [4.69, 9.17) is 4.42 Å². The maximum absolute atomic E-state index is 13.1. The van der Waals surface area contributed by atoms with Crippen LogP contribution in [0.1, 0.15) is 53.7 Å². The van der Waals surface area contributed by atoms with Crippen LogP contribution in [0.15, 0.2) is 28.9 Å². The van der Waals surface area contributed by atoms with E-state index in [0.29, 0.717) is 36.3 Å². The molecule has 3 aliphatic rings. The highest BCUT2D eigenvalue weighted by atomic mass is 16.4. The van der Waals surface area contributed by atoms with E-state index in [1.807, 2.05) is 9.80 Å². The molecule has 0 aromatic carbocycles. The summed E-state index contributed by atoms with van der Waals surface area (Å²) in [6.45, 7) is 4.43. The largest absolute Gasteiger partial charge is 0.425 e. The third-order valence-electron chi connectivity index (χ3n) is 6.68. The minimum absolute atomic E-state index is 0.0116. The van der Waals surface area contributed by atoms with Crippen LogP contribution in [0.2, 0.25) is 0 Å². The van der Waals surface area contributed by atoms with Crippen molar-refractivity contribution in [3.05, 3.63) is 41.9 Å². The summed E-state index contributed by atoms with van der Waals surface area (Å²) in [5.74, 6) is 1.65. The van der Waals surface area contributed by atoms with Gasteiger partial charge in [-0.2, -0.15) is 0 Å². The van der Waals surface area contributed by atoms with E-state index < -0.39 is 0 Å². The lowest BCUT2D eigenvalue weighted by Crippen LogP contribution is -2.46. The number of rotatable bonds is 3. The molecule has 1 atom stereocenters. The average molecular weight is 395 g/mol. The van der Waals surface area contributed by atoms with Gasteiger partial charge in [-0.25, -0.2) is 0 Å². The fourth-order valence-corrected chi connectivity index (χ4v) is 4.86. The Balaban J connectivity index is 1.39. The Kier molecular flexibility index (Phi) is 4.37. The summed E-state index contributed by atoms with van der Waals surface area (Å²) in [5, 5.41) is 8.31. The monoisotopic (exact) mass is 395 g/mol. The first-order chi connectivity index (χ1) is 14.1. The molecule has 1 saturated carbocycles. The Morgan fingerprint density at radius 1 is 1.17 bits per heavy atom. The lowest BCUT2D eigenvalue weighted by atomic mass is 9.70. The molecule has 2 amide bonds. The quantitative estimate of drug-likeness (QED) is 0.790. The van der Waals surface area contributed by atoms with Crippen molar-refractivity contribution < 1.29 is 14.0 Å². The maximum Gasteiger partial charge on any atom is 0.255 e. The van der Waals surface area contributed by atoms with Gasteiger partial charge in [0.15, 0.2) is 0 Å². The summed E-state index contributed by atoms with van der Waals surface area (Å²) in [6.07, 6.45) is 7.01. The number of carbonyl (C=O) groups excluding carboxylic acids is 2. The SMILES string of the molecule is Cc1nnc(C2CN(C(=O)c3cccnc3)CC23CCN(C(=O)C2CC2)CC3)o1. The predicted octanol–water partition coefficient (Wildman–Crippen LogP) is 2.03. The zero-order chi connectivity index (χ0) is 20.0. The van der Waals surface area contributed by atoms with Crippen LogP contribution in [-0.2, 0) is 4.79 Å². The van der Waals surface area contributed by atoms with Gasteiger partial charge >= 0.3 is 0 Å². The van der Waals surface area contributed by atoms with Gasteiger partial charge in [0.1, 0.15) is 0 Å². The molecule has 0 bridgehead atoms. The zero-order valence-corrected chi connectivity index (χ0v) is 16.6. The molecule has 3 fully saturated rings. The van der Waals surface area contributed by atoms with Gasteiger partial charge < -0.3 is 14.2 Å². The first kappa shape index (κ1) is 18.3. The van der Waals surface area contributed by atoms with Crippen LogP contribution < -0.4 is 0 Å². The average Bonchev–Trinajstić information content (AvgIpc) is 3.42. The number of pyridine rings is 1. The molecule has 4 heterocycles. The van der Waals surface area contributed by atoms with Crippen LogP contribution in [-0.4, -0.2) is 63.0 Å². The van der Waals surface area contributed by atoms with E-state index in [1.165, 1.54) is 0 Å². The van der Waals surface area contributed by atoms with Gasteiger partial charge in [0.05, 0.1) is 11.5 Å². The van der Waals surface area contributed by atoms with Crippen molar-refractivity contribution in [3.63, 3.8) is 0 Å². The second-order valence-electron chi connectivity index (χ2n) is 8.60. The molecule has 0 radical (unpaired) electrons. The molecule has 8 heteroatoms. The zero-order valence-electron chi connectivity index (χ0n) is 16.6. The minimum Gasteiger partial charge on any atom is -0.425 e. The molecular weight excluding hydrogens is 370 g/mol. The first-order valence-electron chi connectivity index (χ1n) is 10.3. The number of aryl methyl sites for hydroxylation is 1. The smallest absolute Gasteiger partial charge is 0.255 e. The van der Waals surface area contributed by atoms with Gasteiger partial charge in [-0.1, -0.05) is 0 Å². The van der Waals surface area contributed by atoms with Crippen LogP contribution in [0.3, 0.4) is 0 Å². The van der Waals surface area contributed by atoms with Gasteiger partial charge in [-0.15, -0.1) is 10.2 Å². The highest BCUT2D eigenvalue weighted by molar-refractivity contribution is 5.94. The first-order valence-corrected chi connectivity index (χ1v) is 10.3. The van der Waals surface area contributed by atoms with Crippen LogP contribution in [0.25, 0.3) is 0 Å². The van der Waals surface area contributed by atoms with E-state index >= 15 is 0 Å². The van der Waals surface area contributed by atoms with Crippen molar-refractivity contribution >= 4 is 11.8 Å².